The van der Waals surface area contributed by atoms with Crippen LogP contribution in [0.25, 0.3) is 0 Å². The maximum Gasteiger partial charge on any atom is 0.433 e. The standard InChI is InChI=1S/C33H51NO4/c1-19(2)21-14-16-32(7)27(38-20(3)35)18-33(8)23-12-13-25-30(4,5)26(34-29(36)37-9)15-17-31(25,6)22(23)10-11-24(33)28(21)32/h21-25,27-28H,1,10-18H2,2-9H3/b34-26+/t21?,22?,23?,24?,25?,27-,28?,31+,32+,33-/m0/s1. The molecule has 5 nitrogen and oxygen atoms in total. The van der Waals surface area contributed by atoms with Gasteiger partial charge in [-0.2, -0.15) is 4.99 Å². The maximum absolute atomic E-state index is 12.4. The topological polar surface area (TPSA) is 65.0 Å². The van der Waals surface area contributed by atoms with Gasteiger partial charge in [-0.3, -0.25) is 4.79 Å². The molecule has 0 radical (unpaired) electrons. The first-order chi connectivity index (χ1) is 17.7. The number of carbonyl (C=O) groups excluding carboxylic acids is 2. The number of hydrogen-bond acceptors (Lipinski definition) is 4. The lowest BCUT2D eigenvalue weighted by atomic mass is 9.36. The monoisotopic (exact) mass is 525 g/mol. The first-order valence-electron chi connectivity index (χ1n) is 15.2. The zero-order valence-electron chi connectivity index (χ0n) is 25.2. The molecule has 5 aliphatic rings. The summed E-state index contributed by atoms with van der Waals surface area (Å²) in [5.74, 6) is 3.36. The Hall–Kier alpha value is -1.65. The number of amides is 1. The van der Waals surface area contributed by atoms with Crippen LogP contribution >= 0.6 is 0 Å². The highest BCUT2D eigenvalue weighted by molar-refractivity contribution is 5.97. The van der Waals surface area contributed by atoms with Crippen molar-refractivity contribution in [1.82, 2.24) is 0 Å². The molecule has 212 valence electrons. The Morgan fingerprint density at radius 3 is 2.13 bits per heavy atom. The lowest BCUT2D eigenvalue weighted by Gasteiger charge is -2.68. The summed E-state index contributed by atoms with van der Waals surface area (Å²) in [6.45, 7) is 20.4. The van der Waals surface area contributed by atoms with Gasteiger partial charge in [0.05, 0.1) is 7.11 Å². The number of esters is 1. The van der Waals surface area contributed by atoms with Crippen LogP contribution in [0.1, 0.15) is 106 Å². The van der Waals surface area contributed by atoms with Crippen LogP contribution in [-0.2, 0) is 14.3 Å². The highest BCUT2D eigenvalue weighted by Gasteiger charge is 2.68. The van der Waals surface area contributed by atoms with E-state index in [9.17, 15) is 9.59 Å². The van der Waals surface area contributed by atoms with Gasteiger partial charge in [0.1, 0.15) is 6.10 Å². The minimum absolute atomic E-state index is 0.0125. The summed E-state index contributed by atoms with van der Waals surface area (Å²) in [7, 11) is 1.41. The van der Waals surface area contributed by atoms with Gasteiger partial charge < -0.3 is 9.47 Å². The van der Waals surface area contributed by atoms with E-state index >= 15 is 0 Å². The third-order valence-electron chi connectivity index (χ3n) is 13.2. The van der Waals surface area contributed by atoms with E-state index < -0.39 is 6.09 Å². The molecule has 0 N–H and O–H groups in total. The Morgan fingerprint density at radius 1 is 0.868 bits per heavy atom. The number of rotatable bonds is 2. The van der Waals surface area contributed by atoms with Crippen molar-refractivity contribution >= 4 is 17.8 Å². The third-order valence-corrected chi connectivity index (χ3v) is 13.2. The van der Waals surface area contributed by atoms with E-state index in [0.717, 1.165) is 37.8 Å². The molecule has 0 bridgehead atoms. The van der Waals surface area contributed by atoms with Crippen LogP contribution in [-0.4, -0.2) is 31.0 Å². The number of ether oxygens (including phenoxy) is 2. The van der Waals surface area contributed by atoms with Crippen molar-refractivity contribution in [2.75, 3.05) is 7.11 Å². The van der Waals surface area contributed by atoms with E-state index in [4.69, 9.17) is 9.47 Å². The molecule has 5 fully saturated rings. The highest BCUT2D eigenvalue weighted by atomic mass is 16.5. The predicted molar refractivity (Wildman–Crippen MR) is 151 cm³/mol. The number of allylic oxidation sites excluding steroid dienone is 1. The summed E-state index contributed by atoms with van der Waals surface area (Å²) in [4.78, 5) is 28.9. The molecule has 38 heavy (non-hydrogen) atoms. The van der Waals surface area contributed by atoms with Gasteiger partial charge in [-0.15, -0.1) is 0 Å². The van der Waals surface area contributed by atoms with Gasteiger partial charge in [-0.05, 0) is 111 Å². The van der Waals surface area contributed by atoms with Gasteiger partial charge in [-0.1, -0.05) is 46.8 Å². The number of fused-ring (bicyclic) bond motifs is 7. The fourth-order valence-corrected chi connectivity index (χ4v) is 11.5. The lowest BCUT2D eigenvalue weighted by Crippen LogP contribution is -2.64. The minimum Gasteiger partial charge on any atom is -0.462 e. The molecule has 10 atom stereocenters. The molecule has 0 saturated heterocycles. The summed E-state index contributed by atoms with van der Waals surface area (Å²) in [6.07, 6.45) is 9.69. The number of carbonyl (C=O) groups is 2. The van der Waals surface area contributed by atoms with Crippen molar-refractivity contribution in [2.45, 2.75) is 112 Å². The fourth-order valence-electron chi connectivity index (χ4n) is 11.5. The molecule has 0 spiro atoms. The summed E-state index contributed by atoms with van der Waals surface area (Å²) in [6, 6.07) is 0. The second-order valence-corrected chi connectivity index (χ2v) is 15.1. The molecular formula is C33H51NO4. The van der Waals surface area contributed by atoms with E-state index in [-0.39, 0.29) is 33.7 Å². The van der Waals surface area contributed by atoms with Crippen molar-refractivity contribution in [3.05, 3.63) is 12.2 Å². The van der Waals surface area contributed by atoms with Gasteiger partial charge in [0.15, 0.2) is 0 Å². The van der Waals surface area contributed by atoms with Crippen molar-refractivity contribution in [1.29, 1.82) is 0 Å². The molecule has 5 heteroatoms. The largest absolute Gasteiger partial charge is 0.462 e. The Kier molecular flexibility index (Phi) is 6.75. The van der Waals surface area contributed by atoms with Crippen LogP contribution in [0, 0.1) is 57.2 Å². The normalized spacial score (nSPS) is 48.2. The molecule has 6 unspecified atom stereocenters. The lowest BCUT2D eigenvalue weighted by molar-refractivity contribution is -0.215. The molecule has 5 aliphatic carbocycles. The van der Waals surface area contributed by atoms with Crippen molar-refractivity contribution in [3.8, 4) is 0 Å². The Bertz CT molecular complexity index is 1050. The SMILES string of the molecule is C=C(C)C1CC[C@@]2(C)C1C1CCC3C(CCC4C(C)(C)/C(=N/C(=O)OC)CC[C@]34C)[C@]1(C)C[C@@H]2OC(C)=O. The average Bonchev–Trinajstić information content (AvgIpc) is 3.19. The Labute approximate surface area is 230 Å². The highest BCUT2D eigenvalue weighted by Crippen LogP contribution is 2.73. The van der Waals surface area contributed by atoms with Crippen molar-refractivity contribution in [2.24, 2.45) is 62.2 Å². The predicted octanol–water partition coefficient (Wildman–Crippen LogP) is 8.02. The molecule has 5 rings (SSSR count). The maximum atomic E-state index is 12.4. The zero-order valence-corrected chi connectivity index (χ0v) is 25.2. The quantitative estimate of drug-likeness (QED) is 0.270. The fraction of sp³-hybridized carbons (Fsp3) is 0.848. The molecule has 0 aromatic rings. The third kappa shape index (κ3) is 3.87. The molecule has 5 saturated carbocycles. The van der Waals surface area contributed by atoms with E-state index in [1.54, 1.807) is 6.92 Å². The van der Waals surface area contributed by atoms with E-state index in [2.05, 4.69) is 53.1 Å². The average molecular weight is 526 g/mol. The van der Waals surface area contributed by atoms with Crippen molar-refractivity contribution in [3.63, 3.8) is 0 Å². The molecule has 0 aliphatic heterocycles. The Balaban J connectivity index is 1.51. The summed E-state index contributed by atoms with van der Waals surface area (Å²) >= 11 is 0. The van der Waals surface area contributed by atoms with Gasteiger partial charge in [0, 0.05) is 23.5 Å². The zero-order chi connectivity index (χ0) is 27.8. The van der Waals surface area contributed by atoms with Crippen LogP contribution in [0.5, 0.6) is 0 Å². The number of aliphatic imine (C=N–C) groups is 1. The van der Waals surface area contributed by atoms with Crippen LogP contribution in [0.15, 0.2) is 17.1 Å². The van der Waals surface area contributed by atoms with Crippen LogP contribution in [0.4, 0.5) is 4.79 Å². The number of methoxy groups -OCH3 is 1. The van der Waals surface area contributed by atoms with Gasteiger partial charge in [-0.25, -0.2) is 4.79 Å². The number of nitrogens with zero attached hydrogens (tertiary/aromatic N) is 1. The van der Waals surface area contributed by atoms with Crippen LogP contribution in [0.2, 0.25) is 0 Å². The van der Waals surface area contributed by atoms with E-state index in [1.807, 2.05) is 0 Å². The molecule has 0 aromatic carbocycles. The molecule has 0 heterocycles. The molecule has 1 amide bonds. The van der Waals surface area contributed by atoms with E-state index in [0.29, 0.717) is 35.5 Å². The van der Waals surface area contributed by atoms with Gasteiger partial charge in [0.25, 0.3) is 0 Å². The minimum atomic E-state index is -0.469. The van der Waals surface area contributed by atoms with Crippen LogP contribution in [0.3, 0.4) is 0 Å². The second-order valence-electron chi connectivity index (χ2n) is 15.1. The van der Waals surface area contributed by atoms with Crippen LogP contribution < -0.4 is 0 Å². The van der Waals surface area contributed by atoms with Gasteiger partial charge in [0.2, 0.25) is 0 Å². The molecule has 0 aromatic heterocycles. The Morgan fingerprint density at radius 2 is 1.50 bits per heavy atom. The summed E-state index contributed by atoms with van der Waals surface area (Å²) < 4.78 is 11.1. The second kappa shape index (κ2) is 9.20. The smallest absolute Gasteiger partial charge is 0.433 e. The van der Waals surface area contributed by atoms with Crippen molar-refractivity contribution < 1.29 is 19.1 Å². The first-order valence-corrected chi connectivity index (χ1v) is 15.2. The van der Waals surface area contributed by atoms with Gasteiger partial charge >= 0.3 is 12.1 Å². The number of hydrogen-bond donors (Lipinski definition) is 0. The first kappa shape index (κ1) is 27.9. The van der Waals surface area contributed by atoms with E-state index in [1.165, 1.54) is 38.4 Å². The summed E-state index contributed by atoms with van der Waals surface area (Å²) in [5, 5.41) is 0. The summed E-state index contributed by atoms with van der Waals surface area (Å²) in [5.41, 5.74) is 2.63. The molecular weight excluding hydrogens is 474 g/mol.